The van der Waals surface area contributed by atoms with Crippen LogP contribution in [0, 0.1) is 5.92 Å². The van der Waals surface area contributed by atoms with Crippen LogP contribution in [0.5, 0.6) is 0 Å². The summed E-state index contributed by atoms with van der Waals surface area (Å²) in [5.74, 6) is -0.269. The monoisotopic (exact) mass is 467 g/mol. The number of carbonyl (C=O) groups is 2. The van der Waals surface area contributed by atoms with Gasteiger partial charge in [0.1, 0.15) is 0 Å². The van der Waals surface area contributed by atoms with Gasteiger partial charge in [0.25, 0.3) is 5.56 Å². The summed E-state index contributed by atoms with van der Waals surface area (Å²) in [6, 6.07) is 14.6. The zero-order chi connectivity index (χ0) is 24.0. The van der Waals surface area contributed by atoms with Crippen molar-refractivity contribution in [1.29, 1.82) is 0 Å². The zero-order valence-electron chi connectivity index (χ0n) is 19.3. The van der Waals surface area contributed by atoms with E-state index >= 15 is 0 Å². The minimum absolute atomic E-state index is 0.110. The molecule has 33 heavy (non-hydrogen) atoms. The van der Waals surface area contributed by atoms with Gasteiger partial charge in [-0.25, -0.2) is 9.78 Å². The SMILES string of the molecule is COC(=O)c1ccc2c(=O)n(CCc3ccccc3)c(SC(C)C(=O)NCC(C)C)nc2c1. The van der Waals surface area contributed by atoms with Gasteiger partial charge in [-0.3, -0.25) is 14.2 Å². The molecular formula is C25H29N3O4S. The topological polar surface area (TPSA) is 90.3 Å². The van der Waals surface area contributed by atoms with Crippen molar-refractivity contribution in [2.24, 2.45) is 5.92 Å². The Bertz CT molecular complexity index is 1190. The van der Waals surface area contributed by atoms with Crippen molar-refractivity contribution in [2.45, 2.75) is 44.1 Å². The van der Waals surface area contributed by atoms with Crippen molar-refractivity contribution >= 4 is 34.5 Å². The van der Waals surface area contributed by atoms with Crippen molar-refractivity contribution in [2.75, 3.05) is 13.7 Å². The van der Waals surface area contributed by atoms with Crippen molar-refractivity contribution < 1.29 is 14.3 Å². The van der Waals surface area contributed by atoms with E-state index in [9.17, 15) is 14.4 Å². The standard InChI is InChI=1S/C25H29N3O4S/c1-16(2)15-26-22(29)17(3)33-25-27-21-14-19(24(31)32-4)10-11-20(21)23(30)28(25)13-12-18-8-6-5-7-9-18/h5-11,14,16-17H,12-13,15H2,1-4H3,(H,26,29). The molecule has 0 aliphatic heterocycles. The first kappa shape index (κ1) is 24.5. The second-order valence-electron chi connectivity index (χ2n) is 8.21. The lowest BCUT2D eigenvalue weighted by Gasteiger charge is -2.17. The molecule has 0 radical (unpaired) electrons. The minimum Gasteiger partial charge on any atom is -0.465 e. The molecule has 1 aromatic heterocycles. The second kappa shape index (κ2) is 11.1. The first-order valence-electron chi connectivity index (χ1n) is 10.9. The van der Waals surface area contributed by atoms with Gasteiger partial charge in [0.15, 0.2) is 5.16 Å². The summed E-state index contributed by atoms with van der Waals surface area (Å²) in [6.45, 7) is 6.86. The van der Waals surface area contributed by atoms with Gasteiger partial charge < -0.3 is 10.1 Å². The first-order chi connectivity index (χ1) is 15.8. The molecule has 0 spiro atoms. The van der Waals surface area contributed by atoms with Crippen LogP contribution in [0.4, 0.5) is 0 Å². The van der Waals surface area contributed by atoms with Gasteiger partial charge in [-0.05, 0) is 43.0 Å². The number of benzene rings is 2. The number of esters is 1. The molecule has 0 aliphatic rings. The molecule has 1 unspecified atom stereocenters. The third-order valence-corrected chi connectivity index (χ3v) is 6.23. The van der Waals surface area contributed by atoms with Crippen molar-refractivity contribution in [3.63, 3.8) is 0 Å². The number of rotatable bonds is 9. The quantitative estimate of drug-likeness (QED) is 0.293. The van der Waals surface area contributed by atoms with Gasteiger partial charge in [0.2, 0.25) is 5.91 Å². The molecule has 0 saturated heterocycles. The Kier molecular flexibility index (Phi) is 8.27. The highest BCUT2D eigenvalue weighted by atomic mass is 32.2. The molecule has 3 rings (SSSR count). The molecule has 8 heteroatoms. The lowest BCUT2D eigenvalue weighted by molar-refractivity contribution is -0.120. The molecule has 1 amide bonds. The normalized spacial score (nSPS) is 12.0. The molecule has 1 heterocycles. The minimum atomic E-state index is -0.498. The number of nitrogens with zero attached hydrogens (tertiary/aromatic N) is 2. The molecule has 1 atom stereocenters. The molecule has 174 valence electrons. The summed E-state index contributed by atoms with van der Waals surface area (Å²) in [6.07, 6.45) is 0.648. The molecule has 0 bridgehead atoms. The van der Waals surface area contributed by atoms with Crippen molar-refractivity contribution in [3.8, 4) is 0 Å². The Morgan fingerprint density at radius 2 is 1.85 bits per heavy atom. The smallest absolute Gasteiger partial charge is 0.337 e. The average Bonchev–Trinajstić information content (AvgIpc) is 2.81. The summed E-state index contributed by atoms with van der Waals surface area (Å²) in [7, 11) is 1.31. The van der Waals surface area contributed by atoms with E-state index in [1.807, 2.05) is 44.2 Å². The number of aromatic nitrogens is 2. The summed E-state index contributed by atoms with van der Waals surface area (Å²) < 4.78 is 6.41. The number of methoxy groups -OCH3 is 1. The molecule has 3 aromatic rings. The highest BCUT2D eigenvalue weighted by molar-refractivity contribution is 8.00. The van der Waals surface area contributed by atoms with E-state index in [4.69, 9.17) is 4.74 Å². The summed E-state index contributed by atoms with van der Waals surface area (Å²) in [5.41, 5.74) is 1.61. The van der Waals surface area contributed by atoms with Crippen molar-refractivity contribution in [3.05, 3.63) is 70.0 Å². The fourth-order valence-electron chi connectivity index (χ4n) is 3.28. The Morgan fingerprint density at radius 3 is 2.52 bits per heavy atom. The maximum absolute atomic E-state index is 13.4. The Hall–Kier alpha value is -3.13. The molecule has 0 fully saturated rings. The second-order valence-corrected chi connectivity index (χ2v) is 9.52. The number of hydrogen-bond acceptors (Lipinski definition) is 6. The highest BCUT2D eigenvalue weighted by Gasteiger charge is 2.20. The number of ether oxygens (including phenoxy) is 1. The predicted octanol–water partition coefficient (Wildman–Crippen LogP) is 3.68. The number of fused-ring (bicyclic) bond motifs is 1. The summed E-state index contributed by atoms with van der Waals surface area (Å²) in [4.78, 5) is 42.6. The summed E-state index contributed by atoms with van der Waals surface area (Å²) >= 11 is 1.24. The lowest BCUT2D eigenvalue weighted by atomic mass is 10.1. The molecule has 0 aliphatic carbocycles. The third-order valence-electron chi connectivity index (χ3n) is 5.14. The third kappa shape index (κ3) is 6.22. The van der Waals surface area contributed by atoms with Gasteiger partial charge in [-0.2, -0.15) is 0 Å². The Morgan fingerprint density at radius 1 is 1.12 bits per heavy atom. The largest absolute Gasteiger partial charge is 0.465 e. The van der Waals surface area contributed by atoms with Crippen LogP contribution in [0.3, 0.4) is 0 Å². The maximum Gasteiger partial charge on any atom is 0.337 e. The number of hydrogen-bond donors (Lipinski definition) is 1. The number of aryl methyl sites for hydroxylation is 1. The summed E-state index contributed by atoms with van der Waals surface area (Å²) in [5, 5.41) is 3.34. The molecule has 2 aromatic carbocycles. The van der Waals surface area contributed by atoms with Crippen LogP contribution in [0.2, 0.25) is 0 Å². The van der Waals surface area contributed by atoms with Crippen LogP contribution in [-0.2, 0) is 22.5 Å². The number of amides is 1. The van der Waals surface area contributed by atoms with Crippen LogP contribution >= 0.6 is 11.8 Å². The molecule has 1 N–H and O–H groups in total. The van der Waals surface area contributed by atoms with Crippen molar-refractivity contribution in [1.82, 2.24) is 14.9 Å². The predicted molar refractivity (Wildman–Crippen MR) is 131 cm³/mol. The maximum atomic E-state index is 13.4. The van der Waals surface area contributed by atoms with Gasteiger partial charge >= 0.3 is 5.97 Å². The van der Waals surface area contributed by atoms with E-state index in [0.29, 0.717) is 47.1 Å². The fourth-order valence-corrected chi connectivity index (χ4v) is 4.24. The van der Waals surface area contributed by atoms with Crippen LogP contribution in [0.1, 0.15) is 36.7 Å². The van der Waals surface area contributed by atoms with Gasteiger partial charge in [-0.1, -0.05) is 55.9 Å². The molecule has 7 nitrogen and oxygen atoms in total. The van der Waals surface area contributed by atoms with E-state index in [1.54, 1.807) is 29.7 Å². The number of nitrogens with one attached hydrogen (secondary N) is 1. The Labute approximate surface area is 197 Å². The van der Waals surface area contributed by atoms with E-state index in [2.05, 4.69) is 10.3 Å². The number of carbonyl (C=O) groups excluding carboxylic acids is 2. The first-order valence-corrected chi connectivity index (χ1v) is 11.8. The Balaban J connectivity index is 1.99. The van der Waals surface area contributed by atoms with Crippen LogP contribution in [0.25, 0.3) is 10.9 Å². The number of thioether (sulfide) groups is 1. The van der Waals surface area contributed by atoms with Gasteiger partial charge in [0.05, 0.1) is 28.8 Å². The van der Waals surface area contributed by atoms with Crippen LogP contribution in [0.15, 0.2) is 58.5 Å². The van der Waals surface area contributed by atoms with E-state index < -0.39 is 11.2 Å². The van der Waals surface area contributed by atoms with E-state index in [0.717, 1.165) is 5.56 Å². The van der Waals surface area contributed by atoms with Crippen LogP contribution in [-0.4, -0.2) is 40.3 Å². The fraction of sp³-hybridized carbons (Fsp3) is 0.360. The zero-order valence-corrected chi connectivity index (χ0v) is 20.1. The van der Waals surface area contributed by atoms with E-state index in [-0.39, 0.29) is 11.5 Å². The van der Waals surface area contributed by atoms with Crippen LogP contribution < -0.4 is 10.9 Å². The average molecular weight is 468 g/mol. The molecular weight excluding hydrogens is 438 g/mol. The van der Waals surface area contributed by atoms with Gasteiger partial charge in [0, 0.05) is 13.1 Å². The van der Waals surface area contributed by atoms with Gasteiger partial charge in [-0.15, -0.1) is 0 Å². The molecule has 0 saturated carbocycles. The van der Waals surface area contributed by atoms with E-state index in [1.165, 1.54) is 18.9 Å². The lowest BCUT2D eigenvalue weighted by Crippen LogP contribution is -2.34. The highest BCUT2D eigenvalue weighted by Crippen LogP contribution is 2.24.